The minimum atomic E-state index is -0.588. The van der Waals surface area contributed by atoms with E-state index in [-0.39, 0.29) is 5.78 Å². The van der Waals surface area contributed by atoms with Crippen molar-refractivity contribution in [3.05, 3.63) is 76.4 Å². The second-order valence-corrected chi connectivity index (χ2v) is 5.17. The Morgan fingerprint density at radius 2 is 1.81 bits per heavy atom. The van der Waals surface area contributed by atoms with Crippen molar-refractivity contribution < 1.29 is 4.79 Å². The van der Waals surface area contributed by atoms with Crippen molar-refractivity contribution in [2.24, 2.45) is 5.73 Å². The highest BCUT2D eigenvalue weighted by Crippen LogP contribution is 2.40. The number of Topliss-reactive ketones (excluding diaryl/α,β-unsaturated/α-hetero) is 1. The van der Waals surface area contributed by atoms with Gasteiger partial charge < -0.3 is 5.73 Å². The fourth-order valence-electron chi connectivity index (χ4n) is 2.70. The molecule has 3 heteroatoms. The van der Waals surface area contributed by atoms with Crippen LogP contribution in [0, 0.1) is 18.3 Å². The summed E-state index contributed by atoms with van der Waals surface area (Å²) >= 11 is 0. The first-order valence-corrected chi connectivity index (χ1v) is 6.73. The van der Waals surface area contributed by atoms with E-state index in [0.29, 0.717) is 16.8 Å². The van der Waals surface area contributed by atoms with Crippen LogP contribution in [-0.4, -0.2) is 5.78 Å². The number of hydrogen-bond donors (Lipinski definition) is 1. The topological polar surface area (TPSA) is 66.9 Å². The first-order valence-electron chi connectivity index (χ1n) is 6.73. The van der Waals surface area contributed by atoms with Gasteiger partial charge in [-0.3, -0.25) is 4.79 Å². The number of nitrogens with two attached hydrogens (primary N) is 1. The molecule has 0 saturated carbocycles. The molecule has 1 aliphatic rings. The number of rotatable bonds is 2. The van der Waals surface area contributed by atoms with Crippen LogP contribution in [0.5, 0.6) is 0 Å². The first-order chi connectivity index (χ1) is 10.1. The fraction of sp³-hybridized carbons (Fsp3) is 0.111. The Kier molecular flexibility index (Phi) is 3.08. The lowest BCUT2D eigenvalue weighted by molar-refractivity contribution is 0.103. The molecular formula is C18H14N2O. The molecule has 2 aromatic carbocycles. The summed E-state index contributed by atoms with van der Waals surface area (Å²) in [6.45, 7) is 1.96. The molecule has 0 aliphatic heterocycles. The number of allylic oxidation sites excluding steroid dienone is 1. The zero-order chi connectivity index (χ0) is 15.0. The maximum atomic E-state index is 12.7. The number of aryl methyl sites for hydroxylation is 1. The minimum absolute atomic E-state index is 0.171. The molecule has 0 saturated heterocycles. The van der Waals surface area contributed by atoms with Gasteiger partial charge in [0, 0.05) is 22.4 Å². The molecule has 1 atom stereocenters. The van der Waals surface area contributed by atoms with Crippen LogP contribution in [0.1, 0.15) is 33.0 Å². The molecule has 0 heterocycles. The molecule has 0 spiro atoms. The van der Waals surface area contributed by atoms with E-state index in [4.69, 9.17) is 5.73 Å². The lowest BCUT2D eigenvalue weighted by Gasteiger charge is -2.08. The molecule has 102 valence electrons. The predicted molar refractivity (Wildman–Crippen MR) is 81.4 cm³/mol. The zero-order valence-corrected chi connectivity index (χ0v) is 11.6. The summed E-state index contributed by atoms with van der Waals surface area (Å²) in [5.74, 6) is -0.759. The van der Waals surface area contributed by atoms with E-state index in [1.807, 2.05) is 43.3 Å². The van der Waals surface area contributed by atoms with Gasteiger partial charge in [0.25, 0.3) is 0 Å². The molecule has 0 aromatic heterocycles. The quantitative estimate of drug-likeness (QED) is 0.855. The average Bonchev–Trinajstić information content (AvgIpc) is 2.80. The molecule has 3 nitrogen and oxygen atoms in total. The number of nitrogens with zero attached hydrogens (tertiary/aromatic N) is 1. The zero-order valence-electron chi connectivity index (χ0n) is 11.6. The fourth-order valence-corrected chi connectivity index (χ4v) is 2.70. The maximum absolute atomic E-state index is 12.7. The third-order valence-electron chi connectivity index (χ3n) is 3.83. The van der Waals surface area contributed by atoms with Gasteiger partial charge >= 0.3 is 0 Å². The van der Waals surface area contributed by atoms with Crippen LogP contribution in [0.4, 0.5) is 0 Å². The molecule has 3 rings (SSSR count). The van der Waals surface area contributed by atoms with Crippen LogP contribution in [-0.2, 0) is 0 Å². The Morgan fingerprint density at radius 1 is 1.14 bits per heavy atom. The van der Waals surface area contributed by atoms with E-state index >= 15 is 0 Å². The summed E-state index contributed by atoms with van der Waals surface area (Å²) in [5.41, 5.74) is 10.2. The van der Waals surface area contributed by atoms with Crippen molar-refractivity contribution in [1.82, 2.24) is 0 Å². The van der Waals surface area contributed by atoms with Crippen LogP contribution in [0.25, 0.3) is 5.70 Å². The highest BCUT2D eigenvalue weighted by molar-refractivity contribution is 6.15. The number of ketones is 1. The van der Waals surface area contributed by atoms with Crippen LogP contribution >= 0.6 is 0 Å². The van der Waals surface area contributed by atoms with Crippen LogP contribution in [0.2, 0.25) is 0 Å². The van der Waals surface area contributed by atoms with Crippen molar-refractivity contribution in [1.29, 1.82) is 5.26 Å². The summed E-state index contributed by atoms with van der Waals surface area (Å²) in [6.07, 6.45) is 0. The summed E-state index contributed by atoms with van der Waals surface area (Å²) in [7, 11) is 0. The van der Waals surface area contributed by atoms with Gasteiger partial charge in [-0.2, -0.15) is 5.26 Å². The largest absolute Gasteiger partial charge is 0.398 e. The standard InChI is InChI=1S/C18H14N2O/c1-11-6-8-12(9-7-11)18(21)16-15(10-19)13-4-2-3-5-14(13)17(16)20/h2-9,15H,20H2,1H3. The van der Waals surface area contributed by atoms with Gasteiger partial charge in [-0.15, -0.1) is 0 Å². The number of benzene rings is 2. The van der Waals surface area contributed by atoms with Crippen molar-refractivity contribution >= 4 is 11.5 Å². The van der Waals surface area contributed by atoms with E-state index < -0.39 is 5.92 Å². The number of carbonyl (C=O) groups excluding carboxylic acids is 1. The van der Waals surface area contributed by atoms with Gasteiger partial charge in [0.2, 0.25) is 0 Å². The van der Waals surface area contributed by atoms with Gasteiger partial charge in [-0.25, -0.2) is 0 Å². The predicted octanol–water partition coefficient (Wildman–Crippen LogP) is 3.17. The van der Waals surface area contributed by atoms with Gasteiger partial charge in [-0.05, 0) is 12.5 Å². The highest BCUT2D eigenvalue weighted by atomic mass is 16.1. The summed E-state index contributed by atoms with van der Waals surface area (Å²) in [5, 5.41) is 9.45. The SMILES string of the molecule is Cc1ccc(C(=O)C2=C(N)c3ccccc3C2C#N)cc1. The lowest BCUT2D eigenvalue weighted by Crippen LogP contribution is -2.11. The molecule has 21 heavy (non-hydrogen) atoms. The van der Waals surface area contributed by atoms with E-state index in [9.17, 15) is 10.1 Å². The maximum Gasteiger partial charge on any atom is 0.192 e. The molecule has 0 radical (unpaired) electrons. The Bertz CT molecular complexity index is 795. The van der Waals surface area contributed by atoms with Crippen LogP contribution in [0.15, 0.2) is 54.1 Å². The third-order valence-corrected chi connectivity index (χ3v) is 3.83. The van der Waals surface area contributed by atoms with Crippen molar-refractivity contribution in [2.45, 2.75) is 12.8 Å². The Balaban J connectivity index is 2.10. The Labute approximate surface area is 123 Å². The van der Waals surface area contributed by atoms with E-state index in [2.05, 4.69) is 6.07 Å². The Morgan fingerprint density at radius 3 is 2.48 bits per heavy atom. The number of carbonyl (C=O) groups is 1. The smallest absolute Gasteiger partial charge is 0.192 e. The normalized spacial score (nSPS) is 16.5. The van der Waals surface area contributed by atoms with E-state index in [1.165, 1.54) is 0 Å². The molecule has 1 unspecified atom stereocenters. The molecule has 1 aliphatic carbocycles. The third kappa shape index (κ3) is 2.02. The van der Waals surface area contributed by atoms with Gasteiger partial charge in [0.1, 0.15) is 5.92 Å². The molecule has 0 fully saturated rings. The minimum Gasteiger partial charge on any atom is -0.398 e. The van der Waals surface area contributed by atoms with Gasteiger partial charge in [0.15, 0.2) is 5.78 Å². The molecule has 2 N–H and O–H groups in total. The van der Waals surface area contributed by atoms with Gasteiger partial charge in [-0.1, -0.05) is 54.1 Å². The number of fused-ring (bicyclic) bond motifs is 1. The molecule has 0 amide bonds. The van der Waals surface area contributed by atoms with Crippen LogP contribution < -0.4 is 5.73 Å². The summed E-state index contributed by atoms with van der Waals surface area (Å²) in [6, 6.07) is 16.9. The second-order valence-electron chi connectivity index (χ2n) is 5.17. The summed E-state index contributed by atoms with van der Waals surface area (Å²) < 4.78 is 0. The summed E-state index contributed by atoms with van der Waals surface area (Å²) in [4.78, 5) is 12.7. The van der Waals surface area contributed by atoms with Crippen molar-refractivity contribution in [3.8, 4) is 6.07 Å². The van der Waals surface area contributed by atoms with Crippen molar-refractivity contribution in [2.75, 3.05) is 0 Å². The first kappa shape index (κ1) is 13.1. The number of hydrogen-bond acceptors (Lipinski definition) is 3. The van der Waals surface area contributed by atoms with Crippen molar-refractivity contribution in [3.63, 3.8) is 0 Å². The molecular weight excluding hydrogens is 260 g/mol. The van der Waals surface area contributed by atoms with E-state index in [1.54, 1.807) is 12.1 Å². The highest BCUT2D eigenvalue weighted by Gasteiger charge is 2.34. The average molecular weight is 274 g/mol. The van der Waals surface area contributed by atoms with Gasteiger partial charge in [0.05, 0.1) is 6.07 Å². The van der Waals surface area contributed by atoms with Crippen LogP contribution in [0.3, 0.4) is 0 Å². The lowest BCUT2D eigenvalue weighted by atomic mass is 9.91. The number of nitriles is 1. The van der Waals surface area contributed by atoms with E-state index in [0.717, 1.165) is 16.7 Å². The molecule has 0 bridgehead atoms. The molecule has 2 aromatic rings. The Hall–Kier alpha value is -2.86. The second kappa shape index (κ2) is 4.92. The monoisotopic (exact) mass is 274 g/mol.